The zero-order chi connectivity index (χ0) is 23.7. The van der Waals surface area contributed by atoms with Gasteiger partial charge >= 0.3 is 6.18 Å². The van der Waals surface area contributed by atoms with Crippen molar-refractivity contribution in [2.24, 2.45) is 0 Å². The molecule has 1 fully saturated rings. The molecule has 174 valence electrons. The van der Waals surface area contributed by atoms with Crippen LogP contribution in [0.3, 0.4) is 0 Å². The molecular weight excluding hydrogens is 445 g/mol. The lowest BCUT2D eigenvalue weighted by Gasteiger charge is -2.12. The Kier molecular flexibility index (Phi) is 5.64. The molecule has 4 aromatic rings. The third-order valence-corrected chi connectivity index (χ3v) is 5.52. The Morgan fingerprint density at radius 1 is 1.06 bits per heavy atom. The second kappa shape index (κ2) is 8.77. The summed E-state index contributed by atoms with van der Waals surface area (Å²) in [6, 6.07) is 11.0. The lowest BCUT2D eigenvalue weighted by Crippen LogP contribution is -2.25. The number of fused-ring (bicyclic) bond motifs is 1. The second-order valence-corrected chi connectivity index (χ2v) is 8.16. The van der Waals surface area contributed by atoms with Crippen LogP contribution >= 0.6 is 0 Å². The number of amides is 1. The maximum atomic E-state index is 12.7. The minimum Gasteiger partial charge on any atom is -0.367 e. The largest absolute Gasteiger partial charge is 0.390 e. The van der Waals surface area contributed by atoms with E-state index < -0.39 is 12.6 Å². The van der Waals surface area contributed by atoms with Gasteiger partial charge in [0.25, 0.3) is 5.91 Å². The molecule has 0 bridgehead atoms. The number of anilines is 1. The van der Waals surface area contributed by atoms with Crippen molar-refractivity contribution in [2.75, 3.05) is 11.9 Å². The SMILES string of the molecule is O=C(NC1CC1)c1ccc(-c2cnc3c(NCCC(F)(F)F)nc(-c4ccncc4)cn23)cc1. The highest BCUT2D eigenvalue weighted by molar-refractivity contribution is 5.95. The van der Waals surface area contributed by atoms with Gasteiger partial charge < -0.3 is 10.6 Å². The highest BCUT2D eigenvalue weighted by atomic mass is 19.4. The van der Waals surface area contributed by atoms with Gasteiger partial charge in [0.1, 0.15) is 0 Å². The van der Waals surface area contributed by atoms with Crippen LogP contribution in [-0.4, -0.2) is 44.0 Å². The van der Waals surface area contributed by atoms with E-state index >= 15 is 0 Å². The van der Waals surface area contributed by atoms with Crippen LogP contribution in [-0.2, 0) is 0 Å². The van der Waals surface area contributed by atoms with Crippen LogP contribution in [0.4, 0.5) is 19.0 Å². The molecule has 1 aromatic carbocycles. The molecule has 0 saturated heterocycles. The minimum atomic E-state index is -4.28. The summed E-state index contributed by atoms with van der Waals surface area (Å²) >= 11 is 0. The van der Waals surface area contributed by atoms with Crippen molar-refractivity contribution in [1.82, 2.24) is 24.7 Å². The van der Waals surface area contributed by atoms with E-state index in [2.05, 4.69) is 25.6 Å². The summed E-state index contributed by atoms with van der Waals surface area (Å²) in [4.78, 5) is 25.2. The van der Waals surface area contributed by atoms with E-state index in [0.29, 0.717) is 16.9 Å². The van der Waals surface area contributed by atoms with Gasteiger partial charge in [-0.05, 0) is 37.1 Å². The molecule has 3 aromatic heterocycles. The molecule has 1 aliphatic carbocycles. The predicted octanol–water partition coefficient (Wildman–Crippen LogP) is 4.71. The highest BCUT2D eigenvalue weighted by Gasteiger charge is 2.27. The number of carbonyl (C=O) groups excluding carboxylic acids is 1. The van der Waals surface area contributed by atoms with Gasteiger partial charge in [0.15, 0.2) is 11.5 Å². The van der Waals surface area contributed by atoms with Gasteiger partial charge in [-0.25, -0.2) is 9.97 Å². The van der Waals surface area contributed by atoms with Crippen molar-refractivity contribution in [1.29, 1.82) is 0 Å². The Morgan fingerprint density at radius 2 is 1.79 bits per heavy atom. The molecule has 7 nitrogen and oxygen atoms in total. The van der Waals surface area contributed by atoms with Crippen LogP contribution in [0.25, 0.3) is 28.2 Å². The summed E-state index contributed by atoms with van der Waals surface area (Å²) < 4.78 is 39.9. The lowest BCUT2D eigenvalue weighted by atomic mass is 10.1. The topological polar surface area (TPSA) is 84.2 Å². The monoisotopic (exact) mass is 466 g/mol. The number of pyridine rings is 1. The van der Waals surface area contributed by atoms with Crippen LogP contribution < -0.4 is 10.6 Å². The summed E-state index contributed by atoms with van der Waals surface area (Å²) in [5.74, 6) is 0.151. The van der Waals surface area contributed by atoms with E-state index in [0.717, 1.165) is 29.7 Å². The van der Waals surface area contributed by atoms with Gasteiger partial charge in [-0.15, -0.1) is 0 Å². The summed E-state index contributed by atoms with van der Waals surface area (Å²) in [7, 11) is 0. The molecule has 1 saturated carbocycles. The van der Waals surface area contributed by atoms with Crippen LogP contribution in [0.2, 0.25) is 0 Å². The maximum Gasteiger partial charge on any atom is 0.390 e. The van der Waals surface area contributed by atoms with Crippen LogP contribution in [0.5, 0.6) is 0 Å². The smallest absolute Gasteiger partial charge is 0.367 e. The van der Waals surface area contributed by atoms with E-state index in [4.69, 9.17) is 0 Å². The fourth-order valence-corrected chi connectivity index (χ4v) is 3.59. The number of rotatable bonds is 7. The van der Waals surface area contributed by atoms with E-state index in [9.17, 15) is 18.0 Å². The zero-order valence-electron chi connectivity index (χ0n) is 18.0. The first kappa shape index (κ1) is 21.9. The molecule has 0 aliphatic heterocycles. The van der Waals surface area contributed by atoms with Gasteiger partial charge in [0.2, 0.25) is 0 Å². The Bertz CT molecular complexity index is 1310. The van der Waals surface area contributed by atoms with Gasteiger partial charge in [0, 0.05) is 47.9 Å². The Balaban J connectivity index is 1.51. The van der Waals surface area contributed by atoms with Crippen molar-refractivity contribution < 1.29 is 18.0 Å². The molecule has 5 rings (SSSR count). The molecule has 1 aliphatic rings. The second-order valence-electron chi connectivity index (χ2n) is 8.16. The molecule has 3 heterocycles. The summed E-state index contributed by atoms with van der Waals surface area (Å²) in [5.41, 5.74) is 3.83. The van der Waals surface area contributed by atoms with Gasteiger partial charge in [-0.2, -0.15) is 13.2 Å². The fourth-order valence-electron chi connectivity index (χ4n) is 3.59. The number of halogens is 3. The van der Waals surface area contributed by atoms with E-state index in [1.165, 1.54) is 0 Å². The molecule has 0 unspecified atom stereocenters. The van der Waals surface area contributed by atoms with Crippen LogP contribution in [0.15, 0.2) is 61.2 Å². The first-order valence-electron chi connectivity index (χ1n) is 10.9. The first-order chi connectivity index (χ1) is 16.4. The van der Waals surface area contributed by atoms with E-state index in [1.54, 1.807) is 53.5 Å². The number of carbonyl (C=O) groups is 1. The van der Waals surface area contributed by atoms with Gasteiger partial charge in [-0.1, -0.05) is 12.1 Å². The number of imidazole rings is 1. The number of nitrogens with one attached hydrogen (secondary N) is 2. The number of hydrogen-bond acceptors (Lipinski definition) is 5. The van der Waals surface area contributed by atoms with E-state index in [1.807, 2.05) is 12.1 Å². The third-order valence-electron chi connectivity index (χ3n) is 5.52. The lowest BCUT2D eigenvalue weighted by molar-refractivity contribution is -0.131. The number of benzene rings is 1. The number of nitrogens with zero attached hydrogens (tertiary/aromatic N) is 4. The predicted molar refractivity (Wildman–Crippen MR) is 121 cm³/mol. The van der Waals surface area contributed by atoms with Gasteiger partial charge in [-0.3, -0.25) is 14.2 Å². The Morgan fingerprint density at radius 3 is 2.47 bits per heavy atom. The molecule has 0 radical (unpaired) electrons. The number of hydrogen-bond donors (Lipinski definition) is 2. The normalized spacial score (nSPS) is 13.7. The molecule has 2 N–H and O–H groups in total. The van der Waals surface area contributed by atoms with Crippen LogP contribution in [0.1, 0.15) is 29.6 Å². The molecule has 1 amide bonds. The summed E-state index contributed by atoms with van der Waals surface area (Å²) in [6.07, 6.45) is 3.43. The average molecular weight is 466 g/mol. The molecule has 0 spiro atoms. The van der Waals surface area contributed by atoms with Crippen LogP contribution in [0, 0.1) is 0 Å². The maximum absolute atomic E-state index is 12.7. The third kappa shape index (κ3) is 4.85. The zero-order valence-corrected chi connectivity index (χ0v) is 18.0. The molecule has 0 atom stereocenters. The number of alkyl halides is 3. The van der Waals surface area contributed by atoms with Gasteiger partial charge in [0.05, 0.1) is 24.0 Å². The fraction of sp³-hybridized carbons (Fsp3) is 0.250. The summed E-state index contributed by atoms with van der Waals surface area (Å²) in [5, 5.41) is 5.74. The highest BCUT2D eigenvalue weighted by Crippen LogP contribution is 2.28. The van der Waals surface area contributed by atoms with Crippen molar-refractivity contribution in [2.45, 2.75) is 31.5 Å². The average Bonchev–Trinajstić information content (AvgIpc) is 3.54. The van der Waals surface area contributed by atoms with Crippen molar-refractivity contribution >= 4 is 17.4 Å². The Labute approximate surface area is 193 Å². The standard InChI is InChI=1S/C24H21F3N6O/c25-24(26,27)9-12-29-21-22-30-13-20(33(22)14-19(32-21)15-7-10-28-11-8-15)16-1-3-17(4-2-16)23(34)31-18-5-6-18/h1-4,7-8,10-11,13-14,18H,5-6,9,12H2,(H,29,32)(H,31,34). The van der Waals surface area contributed by atoms with Crippen molar-refractivity contribution in [3.63, 3.8) is 0 Å². The summed E-state index contributed by atoms with van der Waals surface area (Å²) in [6.45, 7) is -0.320. The number of aromatic nitrogens is 4. The molecular formula is C24H21F3N6O. The Hall–Kier alpha value is -3.95. The molecule has 10 heteroatoms. The van der Waals surface area contributed by atoms with Crippen molar-refractivity contribution in [3.05, 3.63) is 66.7 Å². The van der Waals surface area contributed by atoms with E-state index in [-0.39, 0.29) is 24.3 Å². The quantitative estimate of drug-likeness (QED) is 0.412. The molecule has 34 heavy (non-hydrogen) atoms. The first-order valence-corrected chi connectivity index (χ1v) is 10.9. The van der Waals surface area contributed by atoms with Crippen molar-refractivity contribution in [3.8, 4) is 22.5 Å². The minimum absolute atomic E-state index is 0.104.